The molecule has 0 saturated heterocycles. The number of nitrogens with one attached hydrogen (secondary N) is 2. The number of carbonyl (C=O) groups is 2. The highest BCUT2D eigenvalue weighted by Gasteiger charge is 2.18. The molecule has 2 N–H and O–H groups in total. The Kier molecular flexibility index (Phi) is 4.30. The Labute approximate surface area is 97.3 Å². The molecule has 7 heteroatoms. The highest BCUT2D eigenvalue weighted by Crippen LogP contribution is 2.03. The van der Waals surface area contributed by atoms with Gasteiger partial charge in [-0.1, -0.05) is 0 Å². The van der Waals surface area contributed by atoms with Gasteiger partial charge in [-0.2, -0.15) is 5.10 Å². The summed E-state index contributed by atoms with van der Waals surface area (Å²) in [7, 11) is 1.24. The molecule has 0 saturated carbocycles. The lowest BCUT2D eigenvalue weighted by atomic mass is 10.2. The standard InChI is InChI=1S/C9H12ClN3O3/c1-5-6(3-12-13-5)8(14)11-4-7(10)9(15)16-2/h3,7H,4H2,1-2H3,(H,11,14)(H,12,13). The van der Waals surface area contributed by atoms with Crippen LogP contribution in [0.25, 0.3) is 0 Å². The Hall–Kier alpha value is -1.56. The lowest BCUT2D eigenvalue weighted by Gasteiger charge is -2.08. The van der Waals surface area contributed by atoms with Crippen molar-refractivity contribution in [2.24, 2.45) is 0 Å². The van der Waals surface area contributed by atoms with Gasteiger partial charge >= 0.3 is 5.97 Å². The van der Waals surface area contributed by atoms with Gasteiger partial charge in [0.2, 0.25) is 0 Å². The molecular weight excluding hydrogens is 234 g/mol. The van der Waals surface area contributed by atoms with Crippen molar-refractivity contribution >= 4 is 23.5 Å². The Morgan fingerprint density at radius 3 is 2.88 bits per heavy atom. The van der Waals surface area contributed by atoms with E-state index in [1.54, 1.807) is 6.92 Å². The molecule has 0 fully saturated rings. The predicted octanol–water partition coefficient (Wildman–Crippen LogP) is 0.228. The second-order valence-corrected chi connectivity index (χ2v) is 3.64. The number of ether oxygens (including phenoxy) is 1. The van der Waals surface area contributed by atoms with Gasteiger partial charge in [-0.05, 0) is 6.92 Å². The number of halogens is 1. The van der Waals surface area contributed by atoms with Crippen LogP contribution in [0.4, 0.5) is 0 Å². The van der Waals surface area contributed by atoms with E-state index >= 15 is 0 Å². The maximum atomic E-state index is 11.6. The summed E-state index contributed by atoms with van der Waals surface area (Å²) in [6.45, 7) is 1.73. The zero-order valence-corrected chi connectivity index (χ0v) is 9.67. The van der Waals surface area contributed by atoms with Crippen LogP contribution in [0, 0.1) is 6.92 Å². The Balaban J connectivity index is 2.48. The highest BCUT2D eigenvalue weighted by atomic mass is 35.5. The smallest absolute Gasteiger partial charge is 0.325 e. The minimum absolute atomic E-state index is 0.0116. The lowest BCUT2D eigenvalue weighted by Crippen LogP contribution is -2.34. The Bertz CT molecular complexity index is 391. The van der Waals surface area contributed by atoms with E-state index in [-0.39, 0.29) is 12.5 Å². The Morgan fingerprint density at radius 2 is 2.38 bits per heavy atom. The maximum absolute atomic E-state index is 11.6. The van der Waals surface area contributed by atoms with Crippen LogP contribution < -0.4 is 5.32 Å². The van der Waals surface area contributed by atoms with E-state index in [2.05, 4.69) is 20.3 Å². The van der Waals surface area contributed by atoms with Gasteiger partial charge in [0.25, 0.3) is 5.91 Å². The topological polar surface area (TPSA) is 84.1 Å². The summed E-state index contributed by atoms with van der Waals surface area (Å²) in [4.78, 5) is 22.5. The summed E-state index contributed by atoms with van der Waals surface area (Å²) in [5.41, 5.74) is 1.08. The normalized spacial score (nSPS) is 11.9. The molecule has 0 bridgehead atoms. The quantitative estimate of drug-likeness (QED) is 0.587. The van der Waals surface area contributed by atoms with Crippen LogP contribution in [0.3, 0.4) is 0 Å². The van der Waals surface area contributed by atoms with Crippen molar-refractivity contribution in [1.29, 1.82) is 0 Å². The summed E-state index contributed by atoms with van der Waals surface area (Å²) < 4.78 is 4.42. The number of hydrogen-bond acceptors (Lipinski definition) is 4. The van der Waals surface area contributed by atoms with Gasteiger partial charge in [-0.25, -0.2) is 0 Å². The first-order valence-corrected chi connectivity index (χ1v) is 5.00. The van der Waals surface area contributed by atoms with E-state index < -0.39 is 11.3 Å². The van der Waals surface area contributed by atoms with Crippen molar-refractivity contribution in [3.05, 3.63) is 17.5 Å². The van der Waals surface area contributed by atoms with Crippen LogP contribution in [-0.2, 0) is 9.53 Å². The molecule has 0 aliphatic carbocycles. The van der Waals surface area contributed by atoms with E-state index in [1.165, 1.54) is 13.3 Å². The fourth-order valence-electron chi connectivity index (χ4n) is 1.07. The molecule has 1 heterocycles. The molecular formula is C9H12ClN3O3. The van der Waals surface area contributed by atoms with Crippen LogP contribution in [0.2, 0.25) is 0 Å². The zero-order valence-electron chi connectivity index (χ0n) is 8.91. The number of esters is 1. The molecule has 0 spiro atoms. The average molecular weight is 246 g/mol. The molecule has 1 rings (SSSR count). The second-order valence-electron chi connectivity index (χ2n) is 3.11. The third-order valence-corrected chi connectivity index (χ3v) is 2.31. The number of carbonyl (C=O) groups excluding carboxylic acids is 2. The molecule has 1 aromatic rings. The molecule has 0 aromatic carbocycles. The van der Waals surface area contributed by atoms with Gasteiger partial charge in [0, 0.05) is 12.2 Å². The number of aromatic nitrogens is 2. The number of rotatable bonds is 4. The first-order chi connectivity index (χ1) is 7.56. The lowest BCUT2D eigenvalue weighted by molar-refractivity contribution is -0.140. The van der Waals surface area contributed by atoms with Crippen molar-refractivity contribution in [3.8, 4) is 0 Å². The minimum atomic E-state index is -0.888. The summed E-state index contributed by atoms with van der Waals surface area (Å²) in [5, 5.41) is 7.97. The van der Waals surface area contributed by atoms with Gasteiger partial charge in [-0.15, -0.1) is 11.6 Å². The van der Waals surface area contributed by atoms with Crippen molar-refractivity contribution in [1.82, 2.24) is 15.5 Å². The number of nitrogens with zero attached hydrogens (tertiary/aromatic N) is 1. The number of alkyl halides is 1. The van der Waals surface area contributed by atoms with Gasteiger partial charge in [0.05, 0.1) is 18.9 Å². The number of aryl methyl sites for hydroxylation is 1. The Morgan fingerprint density at radius 1 is 1.69 bits per heavy atom. The van der Waals surface area contributed by atoms with Crippen molar-refractivity contribution < 1.29 is 14.3 Å². The summed E-state index contributed by atoms with van der Waals surface area (Å²) in [6.07, 6.45) is 1.41. The van der Waals surface area contributed by atoms with Gasteiger partial charge in [0.15, 0.2) is 0 Å². The molecule has 1 amide bonds. The van der Waals surface area contributed by atoms with Crippen LogP contribution in [0.15, 0.2) is 6.20 Å². The van der Waals surface area contributed by atoms with Crippen LogP contribution in [0.1, 0.15) is 16.1 Å². The molecule has 0 aliphatic rings. The first kappa shape index (κ1) is 12.5. The third-order valence-electron chi connectivity index (χ3n) is 1.97. The number of methoxy groups -OCH3 is 1. The zero-order chi connectivity index (χ0) is 12.1. The summed E-state index contributed by atoms with van der Waals surface area (Å²) in [5.74, 6) is -0.910. The highest BCUT2D eigenvalue weighted by molar-refractivity contribution is 6.30. The SMILES string of the molecule is COC(=O)C(Cl)CNC(=O)c1cn[nH]c1C. The molecule has 1 unspecified atom stereocenters. The molecule has 6 nitrogen and oxygen atoms in total. The third kappa shape index (κ3) is 2.96. The summed E-state index contributed by atoms with van der Waals surface area (Å²) in [6, 6.07) is 0. The number of aromatic amines is 1. The predicted molar refractivity (Wildman–Crippen MR) is 57.3 cm³/mol. The van der Waals surface area contributed by atoms with Crippen LogP contribution >= 0.6 is 11.6 Å². The number of H-pyrrole nitrogens is 1. The monoisotopic (exact) mass is 245 g/mol. The fraction of sp³-hybridized carbons (Fsp3) is 0.444. The maximum Gasteiger partial charge on any atom is 0.325 e. The molecule has 1 aromatic heterocycles. The van der Waals surface area contributed by atoms with E-state index in [0.29, 0.717) is 11.3 Å². The average Bonchev–Trinajstić information content (AvgIpc) is 2.70. The van der Waals surface area contributed by atoms with Crippen LogP contribution in [-0.4, -0.2) is 41.1 Å². The van der Waals surface area contributed by atoms with Crippen molar-refractivity contribution in [2.75, 3.05) is 13.7 Å². The molecule has 0 radical (unpaired) electrons. The van der Waals surface area contributed by atoms with Crippen molar-refractivity contribution in [3.63, 3.8) is 0 Å². The van der Waals surface area contributed by atoms with Gasteiger partial charge in [0.1, 0.15) is 5.38 Å². The number of hydrogen-bond donors (Lipinski definition) is 2. The van der Waals surface area contributed by atoms with Crippen LogP contribution in [0.5, 0.6) is 0 Å². The van der Waals surface area contributed by atoms with Crippen molar-refractivity contribution in [2.45, 2.75) is 12.3 Å². The van der Waals surface area contributed by atoms with E-state index in [4.69, 9.17) is 11.6 Å². The molecule has 16 heavy (non-hydrogen) atoms. The second kappa shape index (κ2) is 5.50. The van der Waals surface area contributed by atoms with E-state index in [0.717, 1.165) is 0 Å². The largest absolute Gasteiger partial charge is 0.468 e. The van der Waals surface area contributed by atoms with E-state index in [1.807, 2.05) is 0 Å². The molecule has 88 valence electrons. The fourth-order valence-corrected chi connectivity index (χ4v) is 1.23. The molecule has 1 atom stereocenters. The van der Waals surface area contributed by atoms with E-state index in [9.17, 15) is 9.59 Å². The number of amides is 1. The first-order valence-electron chi connectivity index (χ1n) is 4.56. The van der Waals surface area contributed by atoms with Gasteiger partial charge < -0.3 is 10.1 Å². The summed E-state index contributed by atoms with van der Waals surface area (Å²) >= 11 is 5.66. The van der Waals surface area contributed by atoms with Gasteiger partial charge in [-0.3, -0.25) is 14.7 Å². The minimum Gasteiger partial charge on any atom is -0.468 e. The molecule has 0 aliphatic heterocycles.